The van der Waals surface area contributed by atoms with Crippen LogP contribution in [0.3, 0.4) is 0 Å². The van der Waals surface area contributed by atoms with Crippen LogP contribution in [0, 0.1) is 0 Å². The molecule has 0 saturated carbocycles. The number of carbonyl (C=O) groups excluding carboxylic acids is 1. The van der Waals surface area contributed by atoms with Crippen molar-refractivity contribution in [1.82, 2.24) is 14.9 Å². The van der Waals surface area contributed by atoms with Crippen molar-refractivity contribution in [3.63, 3.8) is 0 Å². The van der Waals surface area contributed by atoms with Crippen LogP contribution in [-0.2, 0) is 6.54 Å². The molecule has 0 saturated heterocycles. The lowest BCUT2D eigenvalue weighted by Gasteiger charge is -2.21. The van der Waals surface area contributed by atoms with E-state index in [1.807, 2.05) is 53.4 Å². The van der Waals surface area contributed by atoms with E-state index in [0.717, 1.165) is 40.6 Å². The number of hydrogen-bond donors (Lipinski definition) is 0. The number of unbranched alkanes of at least 4 members (excludes halogenated alkanes) is 1. The monoisotopic (exact) mass is 359 g/mol. The first-order valence-electron chi connectivity index (χ1n) is 9.22. The van der Waals surface area contributed by atoms with Crippen molar-refractivity contribution in [3.8, 4) is 0 Å². The van der Waals surface area contributed by atoms with E-state index >= 15 is 0 Å². The van der Waals surface area contributed by atoms with Gasteiger partial charge in [-0.05, 0) is 36.8 Å². The molecule has 5 heteroatoms. The molecule has 4 rings (SSSR count). The second-order valence-electron chi connectivity index (χ2n) is 6.59. The topological polar surface area (TPSA) is 59.2 Å². The average Bonchev–Trinajstić information content (AvgIpc) is 3.12. The van der Waals surface area contributed by atoms with Gasteiger partial charge >= 0.3 is 0 Å². The zero-order valence-electron chi connectivity index (χ0n) is 15.3. The van der Waals surface area contributed by atoms with Crippen molar-refractivity contribution in [3.05, 3.63) is 72.2 Å². The standard InChI is InChI=1S/C22H21N3O2/c1-2-3-12-25(15-18-13-16-6-4-5-7-21(16)27-18)22(26)17-8-9-19-20(14-17)24-11-10-23-19/h4-11,13-14H,2-3,12,15H2,1H3. The van der Waals surface area contributed by atoms with E-state index in [-0.39, 0.29) is 5.91 Å². The minimum Gasteiger partial charge on any atom is -0.459 e. The maximum Gasteiger partial charge on any atom is 0.254 e. The predicted molar refractivity (Wildman–Crippen MR) is 105 cm³/mol. The fourth-order valence-corrected chi connectivity index (χ4v) is 3.18. The smallest absolute Gasteiger partial charge is 0.254 e. The molecule has 0 spiro atoms. The molecule has 0 N–H and O–H groups in total. The lowest BCUT2D eigenvalue weighted by molar-refractivity contribution is 0.0730. The summed E-state index contributed by atoms with van der Waals surface area (Å²) in [5, 5.41) is 1.05. The van der Waals surface area contributed by atoms with E-state index in [4.69, 9.17) is 4.42 Å². The van der Waals surface area contributed by atoms with Gasteiger partial charge in [-0.1, -0.05) is 31.5 Å². The fourth-order valence-electron chi connectivity index (χ4n) is 3.18. The Morgan fingerprint density at radius 3 is 2.67 bits per heavy atom. The number of aromatic nitrogens is 2. The molecule has 0 unspecified atom stereocenters. The van der Waals surface area contributed by atoms with Crippen molar-refractivity contribution in [2.75, 3.05) is 6.54 Å². The Morgan fingerprint density at radius 2 is 1.85 bits per heavy atom. The van der Waals surface area contributed by atoms with Crippen LogP contribution in [0.15, 0.2) is 65.3 Å². The molecular weight excluding hydrogens is 338 g/mol. The third-order valence-corrected chi connectivity index (χ3v) is 4.61. The van der Waals surface area contributed by atoms with Crippen LogP contribution in [0.5, 0.6) is 0 Å². The van der Waals surface area contributed by atoms with Crippen molar-refractivity contribution < 1.29 is 9.21 Å². The van der Waals surface area contributed by atoms with Crippen molar-refractivity contribution in [2.45, 2.75) is 26.3 Å². The molecule has 0 aliphatic rings. The first-order chi connectivity index (χ1) is 13.2. The Kier molecular flexibility index (Phi) is 4.83. The molecule has 0 atom stereocenters. The summed E-state index contributed by atoms with van der Waals surface area (Å²) in [6, 6.07) is 15.4. The Labute approximate surface area is 157 Å². The predicted octanol–water partition coefficient (Wildman–Crippen LogP) is 4.82. The van der Waals surface area contributed by atoms with Gasteiger partial charge < -0.3 is 9.32 Å². The summed E-state index contributed by atoms with van der Waals surface area (Å²) in [7, 11) is 0. The largest absolute Gasteiger partial charge is 0.459 e. The van der Waals surface area contributed by atoms with Gasteiger partial charge in [-0.25, -0.2) is 0 Å². The molecule has 0 radical (unpaired) electrons. The highest BCUT2D eigenvalue weighted by Crippen LogP contribution is 2.21. The van der Waals surface area contributed by atoms with Crippen LogP contribution in [0.25, 0.3) is 22.0 Å². The Bertz CT molecular complexity index is 1050. The fraction of sp³-hybridized carbons (Fsp3) is 0.227. The molecule has 1 amide bonds. The van der Waals surface area contributed by atoms with Gasteiger partial charge in [0.15, 0.2) is 0 Å². The lowest BCUT2D eigenvalue weighted by atomic mass is 10.1. The van der Waals surface area contributed by atoms with Crippen LogP contribution in [0.1, 0.15) is 35.9 Å². The minimum atomic E-state index is -0.0172. The number of rotatable bonds is 6. The maximum absolute atomic E-state index is 13.2. The number of fused-ring (bicyclic) bond motifs is 2. The molecule has 136 valence electrons. The van der Waals surface area contributed by atoms with Gasteiger partial charge in [-0.3, -0.25) is 14.8 Å². The number of benzene rings is 2. The lowest BCUT2D eigenvalue weighted by Crippen LogP contribution is -2.31. The van der Waals surface area contributed by atoms with Crippen molar-refractivity contribution >= 4 is 27.9 Å². The molecule has 27 heavy (non-hydrogen) atoms. The van der Waals surface area contributed by atoms with E-state index in [0.29, 0.717) is 18.7 Å². The van der Waals surface area contributed by atoms with E-state index in [1.54, 1.807) is 12.4 Å². The highest BCUT2D eigenvalue weighted by atomic mass is 16.3. The summed E-state index contributed by atoms with van der Waals surface area (Å²) in [6.07, 6.45) is 5.26. The van der Waals surface area contributed by atoms with Gasteiger partial charge in [-0.15, -0.1) is 0 Å². The zero-order valence-corrected chi connectivity index (χ0v) is 15.3. The summed E-state index contributed by atoms with van der Waals surface area (Å²) in [4.78, 5) is 23.6. The molecule has 2 heterocycles. The van der Waals surface area contributed by atoms with Gasteiger partial charge in [0.25, 0.3) is 5.91 Å². The Hall–Kier alpha value is -3.21. The molecule has 0 fully saturated rings. The van der Waals surface area contributed by atoms with Crippen LogP contribution in [0.4, 0.5) is 0 Å². The van der Waals surface area contributed by atoms with Crippen LogP contribution in [0.2, 0.25) is 0 Å². The normalized spacial score (nSPS) is 11.1. The number of nitrogens with zero attached hydrogens (tertiary/aromatic N) is 3. The summed E-state index contributed by atoms with van der Waals surface area (Å²) >= 11 is 0. The number of amides is 1. The number of carbonyl (C=O) groups is 1. The van der Waals surface area contributed by atoms with Gasteiger partial charge in [0, 0.05) is 29.9 Å². The summed E-state index contributed by atoms with van der Waals surface area (Å²) in [5.41, 5.74) is 2.97. The molecular formula is C22H21N3O2. The van der Waals surface area contributed by atoms with Crippen LogP contribution >= 0.6 is 0 Å². The van der Waals surface area contributed by atoms with Gasteiger partial charge in [-0.2, -0.15) is 0 Å². The molecule has 5 nitrogen and oxygen atoms in total. The molecule has 2 aromatic heterocycles. The molecule has 0 bridgehead atoms. The number of hydrogen-bond acceptors (Lipinski definition) is 4. The van der Waals surface area contributed by atoms with Gasteiger partial charge in [0.2, 0.25) is 0 Å². The second-order valence-corrected chi connectivity index (χ2v) is 6.59. The first-order valence-corrected chi connectivity index (χ1v) is 9.22. The maximum atomic E-state index is 13.2. The first kappa shape index (κ1) is 17.2. The second kappa shape index (κ2) is 7.58. The van der Waals surface area contributed by atoms with Crippen LogP contribution in [-0.4, -0.2) is 27.3 Å². The van der Waals surface area contributed by atoms with E-state index < -0.39 is 0 Å². The minimum absolute atomic E-state index is 0.0172. The van der Waals surface area contributed by atoms with Gasteiger partial charge in [0.1, 0.15) is 11.3 Å². The van der Waals surface area contributed by atoms with Crippen molar-refractivity contribution in [2.24, 2.45) is 0 Å². The quantitative estimate of drug-likeness (QED) is 0.495. The molecule has 4 aromatic rings. The van der Waals surface area contributed by atoms with E-state index in [9.17, 15) is 4.79 Å². The molecule has 2 aromatic carbocycles. The third-order valence-electron chi connectivity index (χ3n) is 4.61. The molecule has 0 aliphatic carbocycles. The zero-order chi connectivity index (χ0) is 18.6. The van der Waals surface area contributed by atoms with Crippen LogP contribution < -0.4 is 0 Å². The average molecular weight is 359 g/mol. The molecule has 0 aliphatic heterocycles. The summed E-state index contributed by atoms with van der Waals surface area (Å²) in [5.74, 6) is 0.776. The highest BCUT2D eigenvalue weighted by molar-refractivity contribution is 5.97. The van der Waals surface area contributed by atoms with E-state index in [2.05, 4.69) is 16.9 Å². The van der Waals surface area contributed by atoms with Crippen molar-refractivity contribution in [1.29, 1.82) is 0 Å². The summed E-state index contributed by atoms with van der Waals surface area (Å²) < 4.78 is 5.92. The third kappa shape index (κ3) is 3.67. The number of furan rings is 1. The summed E-state index contributed by atoms with van der Waals surface area (Å²) in [6.45, 7) is 3.26. The number of para-hydroxylation sites is 1. The Balaban J connectivity index is 1.62. The Morgan fingerprint density at radius 1 is 1.04 bits per heavy atom. The van der Waals surface area contributed by atoms with E-state index in [1.165, 1.54) is 0 Å². The highest BCUT2D eigenvalue weighted by Gasteiger charge is 2.18. The van der Waals surface area contributed by atoms with Gasteiger partial charge in [0.05, 0.1) is 17.6 Å². The SMILES string of the molecule is CCCCN(Cc1cc2ccccc2o1)C(=O)c1ccc2nccnc2c1.